The molecule has 0 unspecified atom stereocenters. The zero-order valence-electron chi connectivity index (χ0n) is 23.8. The van der Waals surface area contributed by atoms with E-state index >= 15 is 0 Å². The minimum Gasteiger partial charge on any atom is -0.465 e. The molecule has 0 atom stereocenters. The van der Waals surface area contributed by atoms with Gasteiger partial charge in [-0.25, -0.2) is 0 Å². The lowest BCUT2D eigenvalue weighted by molar-refractivity contribution is -0.180. The van der Waals surface area contributed by atoms with Crippen LogP contribution in [0.2, 0.25) is 0 Å². The predicted molar refractivity (Wildman–Crippen MR) is 148 cm³/mol. The molecule has 0 amide bonds. The molecule has 10 heteroatoms. The summed E-state index contributed by atoms with van der Waals surface area (Å²) in [4.78, 5) is 74.8. The van der Waals surface area contributed by atoms with Gasteiger partial charge in [-0.05, 0) is 63.5 Å². The second-order valence-electron chi connectivity index (χ2n) is 10.5. The first-order chi connectivity index (χ1) is 20.2. The molecule has 2 aromatic rings. The number of hydrogen-bond acceptors (Lipinski definition) is 10. The fourth-order valence-corrected chi connectivity index (χ4v) is 4.98. The number of rotatable bonds is 13. The van der Waals surface area contributed by atoms with Gasteiger partial charge in [0, 0.05) is 11.1 Å². The number of esters is 4. The Kier molecular flexibility index (Phi) is 9.55. The Balaban J connectivity index is 1.30. The molecule has 4 rings (SSSR count). The maximum atomic E-state index is 12.6. The Morgan fingerprint density at radius 3 is 1.10 bits per heavy atom. The topological polar surface area (TPSA) is 139 Å². The first-order valence-electron chi connectivity index (χ1n) is 14.1. The van der Waals surface area contributed by atoms with Crippen molar-refractivity contribution < 1.29 is 47.7 Å². The Labute approximate surface area is 243 Å². The first kappa shape index (κ1) is 30.6. The lowest BCUT2D eigenvalue weighted by Gasteiger charge is -2.36. The molecule has 0 aromatic heterocycles. The Morgan fingerprint density at radius 2 is 0.833 bits per heavy atom. The summed E-state index contributed by atoms with van der Waals surface area (Å²) < 4.78 is 20.4. The predicted octanol–water partition coefficient (Wildman–Crippen LogP) is 4.27. The summed E-state index contributed by atoms with van der Waals surface area (Å²) >= 11 is 0. The second kappa shape index (κ2) is 13.1. The van der Waals surface area contributed by atoms with E-state index in [0.29, 0.717) is 49.7 Å². The molecule has 0 bridgehead atoms. The normalized spacial score (nSPS) is 16.1. The van der Waals surface area contributed by atoms with Gasteiger partial charge in [-0.3, -0.25) is 28.8 Å². The van der Waals surface area contributed by atoms with Gasteiger partial charge >= 0.3 is 23.9 Å². The van der Waals surface area contributed by atoms with Gasteiger partial charge in [0.1, 0.15) is 0 Å². The number of hydrogen-bond donors (Lipinski definition) is 0. The zero-order valence-corrected chi connectivity index (χ0v) is 23.8. The van der Waals surface area contributed by atoms with Crippen LogP contribution in [0.4, 0.5) is 0 Å². The van der Waals surface area contributed by atoms with Crippen molar-refractivity contribution in [3.05, 3.63) is 59.7 Å². The molecular formula is C32H34O10. The van der Waals surface area contributed by atoms with Crippen LogP contribution in [0, 0.1) is 10.8 Å². The summed E-state index contributed by atoms with van der Waals surface area (Å²) in [7, 11) is 0. The summed E-state index contributed by atoms with van der Waals surface area (Å²) in [6.07, 6.45) is 2.81. The van der Waals surface area contributed by atoms with Gasteiger partial charge in [-0.2, -0.15) is 0 Å². The zero-order chi connectivity index (χ0) is 30.3. The van der Waals surface area contributed by atoms with Crippen molar-refractivity contribution in [3.8, 4) is 11.1 Å². The van der Waals surface area contributed by atoms with Gasteiger partial charge in [0.05, 0.1) is 13.2 Å². The van der Waals surface area contributed by atoms with E-state index in [1.165, 1.54) is 0 Å². The molecule has 2 aliphatic carbocycles. The van der Waals surface area contributed by atoms with E-state index in [0.717, 1.165) is 11.1 Å². The van der Waals surface area contributed by atoms with Crippen LogP contribution in [0.1, 0.15) is 73.1 Å². The molecule has 0 saturated heterocycles. The van der Waals surface area contributed by atoms with Crippen molar-refractivity contribution in [2.75, 3.05) is 26.4 Å². The minimum absolute atomic E-state index is 0.159. The smallest absolute Gasteiger partial charge is 0.323 e. The number of benzene rings is 2. The average Bonchev–Trinajstić information content (AvgIpc) is 2.94. The van der Waals surface area contributed by atoms with Gasteiger partial charge in [-0.1, -0.05) is 48.5 Å². The maximum absolute atomic E-state index is 12.6. The number of Topliss-reactive ketones (excluding diaryl/α,β-unsaturated/α-hetero) is 2. The highest BCUT2D eigenvalue weighted by atomic mass is 16.6. The highest BCUT2D eigenvalue weighted by molar-refractivity contribution is 6.04. The van der Waals surface area contributed by atoms with Crippen LogP contribution in [-0.4, -0.2) is 61.9 Å². The van der Waals surface area contributed by atoms with Crippen LogP contribution >= 0.6 is 0 Å². The van der Waals surface area contributed by atoms with E-state index in [9.17, 15) is 28.8 Å². The van der Waals surface area contributed by atoms with Crippen molar-refractivity contribution in [1.82, 2.24) is 0 Å². The van der Waals surface area contributed by atoms with Crippen molar-refractivity contribution in [1.29, 1.82) is 0 Å². The molecule has 0 heterocycles. The minimum atomic E-state index is -1.31. The monoisotopic (exact) mass is 578 g/mol. The lowest BCUT2D eigenvalue weighted by Crippen LogP contribution is -2.47. The highest BCUT2D eigenvalue weighted by Gasteiger charge is 2.54. The molecule has 2 aliphatic rings. The molecule has 2 fully saturated rings. The molecule has 2 saturated carbocycles. The first-order valence-corrected chi connectivity index (χ1v) is 14.1. The molecule has 222 valence electrons. The maximum Gasteiger partial charge on any atom is 0.323 e. The highest BCUT2D eigenvalue weighted by Crippen LogP contribution is 2.44. The molecule has 42 heavy (non-hydrogen) atoms. The Hall–Kier alpha value is -4.34. The van der Waals surface area contributed by atoms with Crippen LogP contribution in [-0.2, 0) is 38.1 Å². The number of carbonyl (C=O) groups is 6. The van der Waals surface area contributed by atoms with Gasteiger partial charge < -0.3 is 18.9 Å². The number of carbonyl (C=O) groups excluding carboxylic acids is 6. The number of ketones is 2. The Bertz CT molecular complexity index is 1240. The summed E-state index contributed by atoms with van der Waals surface area (Å²) in [6.45, 7) is 2.68. The van der Waals surface area contributed by atoms with E-state index in [4.69, 9.17) is 18.9 Å². The molecule has 2 aromatic carbocycles. The van der Waals surface area contributed by atoms with Gasteiger partial charge in [-0.15, -0.1) is 0 Å². The van der Waals surface area contributed by atoms with Gasteiger partial charge in [0.15, 0.2) is 35.6 Å². The summed E-state index contributed by atoms with van der Waals surface area (Å²) in [5.74, 6) is -3.50. The van der Waals surface area contributed by atoms with Crippen LogP contribution in [0.3, 0.4) is 0 Å². The van der Waals surface area contributed by atoms with Crippen LogP contribution in [0.25, 0.3) is 11.1 Å². The SMILES string of the molecule is CCOC(=O)C1(C(=O)OCC(=O)c2ccc(-c3ccc(C(=O)COC(=O)C4(C(=O)OCC)CCC4)cc3)cc2)CCC1. The second-order valence-corrected chi connectivity index (χ2v) is 10.5. The van der Waals surface area contributed by atoms with Gasteiger partial charge in [0.2, 0.25) is 0 Å². The van der Waals surface area contributed by atoms with E-state index in [2.05, 4.69) is 0 Å². The molecule has 0 radical (unpaired) electrons. The summed E-state index contributed by atoms with van der Waals surface area (Å²) in [5, 5.41) is 0. The van der Waals surface area contributed by atoms with E-state index < -0.39 is 59.5 Å². The fraction of sp³-hybridized carbons (Fsp3) is 0.438. The molecular weight excluding hydrogens is 544 g/mol. The van der Waals surface area contributed by atoms with Crippen LogP contribution < -0.4 is 0 Å². The molecule has 0 aliphatic heterocycles. The van der Waals surface area contributed by atoms with Crippen molar-refractivity contribution in [2.24, 2.45) is 10.8 Å². The molecule has 0 N–H and O–H groups in total. The third-order valence-electron chi connectivity index (χ3n) is 7.94. The molecule has 10 nitrogen and oxygen atoms in total. The summed E-state index contributed by atoms with van der Waals surface area (Å²) in [5.41, 5.74) is -0.373. The van der Waals surface area contributed by atoms with Gasteiger partial charge in [0.25, 0.3) is 0 Å². The standard InChI is InChI=1S/C32H34O10/c1-3-39-27(35)31(15-5-16-31)29(37)41-19-25(33)23-11-7-21(8-12-23)22-9-13-24(14-10-22)26(34)20-42-30(38)32(17-6-18-32)28(36)40-4-2/h7-14H,3-6,15-20H2,1-2H3. The Morgan fingerprint density at radius 1 is 0.524 bits per heavy atom. The van der Waals surface area contributed by atoms with E-state index in [-0.39, 0.29) is 13.2 Å². The van der Waals surface area contributed by atoms with Crippen LogP contribution in [0.15, 0.2) is 48.5 Å². The van der Waals surface area contributed by atoms with E-state index in [1.807, 2.05) is 0 Å². The van der Waals surface area contributed by atoms with Crippen molar-refractivity contribution in [3.63, 3.8) is 0 Å². The fourth-order valence-electron chi connectivity index (χ4n) is 4.98. The van der Waals surface area contributed by atoms with Crippen LogP contribution in [0.5, 0.6) is 0 Å². The lowest BCUT2D eigenvalue weighted by atomic mass is 9.69. The largest absolute Gasteiger partial charge is 0.465 e. The van der Waals surface area contributed by atoms with E-state index in [1.54, 1.807) is 62.4 Å². The number of ether oxygens (including phenoxy) is 4. The summed E-state index contributed by atoms with van der Waals surface area (Å²) in [6, 6.07) is 13.3. The third kappa shape index (κ3) is 6.12. The molecule has 0 spiro atoms. The third-order valence-corrected chi connectivity index (χ3v) is 7.94. The average molecular weight is 579 g/mol. The van der Waals surface area contributed by atoms with Crippen molar-refractivity contribution in [2.45, 2.75) is 52.4 Å². The quantitative estimate of drug-likeness (QED) is 0.146. The van der Waals surface area contributed by atoms with Crippen molar-refractivity contribution >= 4 is 35.4 Å².